The quantitative estimate of drug-likeness (QED) is 0.625. The molecule has 5 nitrogen and oxygen atoms in total. The predicted molar refractivity (Wildman–Crippen MR) is 105 cm³/mol. The summed E-state index contributed by atoms with van der Waals surface area (Å²) < 4.78 is 54.9. The number of rotatable bonds is 6. The molecule has 1 aliphatic rings. The first-order chi connectivity index (χ1) is 14.0. The molecule has 1 aromatic carbocycles. The fourth-order valence-electron chi connectivity index (χ4n) is 3.53. The maximum Gasteiger partial charge on any atom is 0.416 e. The van der Waals surface area contributed by atoms with Gasteiger partial charge in [0.2, 0.25) is 0 Å². The molecule has 2 heterocycles. The fraction of sp³-hybridized carbons (Fsp3) is 0.400. The molecule has 1 N–H and O–H groups in total. The molecule has 1 aromatic heterocycles. The number of aliphatic carboxylic acids is 1. The number of hydrogen-bond acceptors (Lipinski definition) is 3. The third kappa shape index (κ3) is 4.75. The van der Waals surface area contributed by atoms with Crippen LogP contribution in [0.1, 0.15) is 28.3 Å². The van der Waals surface area contributed by atoms with Gasteiger partial charge >= 0.3 is 12.1 Å². The van der Waals surface area contributed by atoms with E-state index >= 15 is 0 Å². The first-order valence-corrected chi connectivity index (χ1v) is 9.94. The number of nitrogens with zero attached hydrogens (tertiary/aromatic N) is 2. The maximum absolute atomic E-state index is 13.5. The Kier molecular flexibility index (Phi) is 6.37. The standard InChI is InChI=1S/C20H19BrF4N2O3/c1-11-2-3-13(21)6-15(11)18(19(29)30)27-8-12(4-5-26-9-14(22)10-26)16(7-17(27)28)20(23,24)25/h2-3,6-8,14,18H,4-5,9-10H2,1H3,(H,29,30). The number of aromatic nitrogens is 1. The highest BCUT2D eigenvalue weighted by Gasteiger charge is 2.36. The molecule has 30 heavy (non-hydrogen) atoms. The van der Waals surface area contributed by atoms with Crippen molar-refractivity contribution in [3.05, 3.63) is 67.5 Å². The topological polar surface area (TPSA) is 62.5 Å². The van der Waals surface area contributed by atoms with Crippen molar-refractivity contribution in [2.24, 2.45) is 0 Å². The molecule has 0 aliphatic carbocycles. The Labute approximate surface area is 178 Å². The van der Waals surface area contributed by atoms with E-state index in [0.717, 1.165) is 10.8 Å². The molecular weight excluding hydrogens is 472 g/mol. The van der Waals surface area contributed by atoms with Crippen molar-refractivity contribution >= 4 is 21.9 Å². The summed E-state index contributed by atoms with van der Waals surface area (Å²) in [5.74, 6) is -1.37. The molecule has 1 aliphatic heterocycles. The molecule has 0 bridgehead atoms. The molecule has 1 fully saturated rings. The van der Waals surface area contributed by atoms with Crippen LogP contribution in [-0.2, 0) is 17.4 Å². The van der Waals surface area contributed by atoms with E-state index in [2.05, 4.69) is 15.9 Å². The van der Waals surface area contributed by atoms with Crippen LogP contribution in [0.4, 0.5) is 17.6 Å². The number of hydrogen-bond donors (Lipinski definition) is 1. The Balaban J connectivity index is 2.08. The van der Waals surface area contributed by atoms with Crippen molar-refractivity contribution in [1.82, 2.24) is 9.47 Å². The minimum Gasteiger partial charge on any atom is -0.479 e. The van der Waals surface area contributed by atoms with Gasteiger partial charge in [-0.25, -0.2) is 9.18 Å². The summed E-state index contributed by atoms with van der Waals surface area (Å²) in [6.45, 7) is 2.13. The molecule has 1 saturated heterocycles. The molecule has 0 amide bonds. The van der Waals surface area contributed by atoms with Crippen LogP contribution >= 0.6 is 15.9 Å². The Morgan fingerprint density at radius 2 is 1.97 bits per heavy atom. The Bertz CT molecular complexity index is 1020. The van der Waals surface area contributed by atoms with Gasteiger partial charge in [-0.15, -0.1) is 0 Å². The zero-order valence-electron chi connectivity index (χ0n) is 15.9. The number of aryl methyl sites for hydroxylation is 1. The smallest absolute Gasteiger partial charge is 0.416 e. The lowest BCUT2D eigenvalue weighted by molar-refractivity contribution is -0.139. The molecule has 0 saturated carbocycles. The number of alkyl halides is 4. The van der Waals surface area contributed by atoms with Crippen LogP contribution in [0.25, 0.3) is 0 Å². The van der Waals surface area contributed by atoms with Gasteiger partial charge in [0.15, 0.2) is 6.04 Å². The third-order valence-corrected chi connectivity index (χ3v) is 5.62. The Morgan fingerprint density at radius 1 is 1.30 bits per heavy atom. The van der Waals surface area contributed by atoms with Crippen LogP contribution in [0.3, 0.4) is 0 Å². The van der Waals surface area contributed by atoms with Crippen molar-refractivity contribution < 1.29 is 27.5 Å². The van der Waals surface area contributed by atoms with Crippen LogP contribution in [0, 0.1) is 6.92 Å². The van der Waals surface area contributed by atoms with Crippen molar-refractivity contribution in [1.29, 1.82) is 0 Å². The first-order valence-electron chi connectivity index (χ1n) is 9.15. The minimum atomic E-state index is -4.77. The summed E-state index contributed by atoms with van der Waals surface area (Å²) in [5.41, 5.74) is -1.51. The van der Waals surface area contributed by atoms with Gasteiger partial charge in [0.05, 0.1) is 5.56 Å². The number of carboxylic acids is 1. The molecule has 10 heteroatoms. The van der Waals surface area contributed by atoms with E-state index in [4.69, 9.17) is 0 Å². The summed E-state index contributed by atoms with van der Waals surface area (Å²) in [5, 5.41) is 9.79. The fourth-order valence-corrected chi connectivity index (χ4v) is 3.91. The van der Waals surface area contributed by atoms with E-state index in [-0.39, 0.29) is 37.2 Å². The zero-order valence-corrected chi connectivity index (χ0v) is 17.5. The predicted octanol–water partition coefficient (Wildman–Crippen LogP) is 3.81. The van der Waals surface area contributed by atoms with E-state index in [1.165, 1.54) is 6.07 Å². The van der Waals surface area contributed by atoms with Gasteiger partial charge < -0.3 is 5.11 Å². The van der Waals surface area contributed by atoms with Gasteiger partial charge in [-0.05, 0) is 42.2 Å². The van der Waals surface area contributed by atoms with Gasteiger partial charge in [0.1, 0.15) is 6.17 Å². The summed E-state index contributed by atoms with van der Waals surface area (Å²) >= 11 is 3.25. The average Bonchev–Trinajstić information content (AvgIpc) is 2.61. The normalized spacial score (nSPS) is 16.3. The van der Waals surface area contributed by atoms with E-state index in [0.29, 0.717) is 16.1 Å². The molecule has 0 spiro atoms. The van der Waals surface area contributed by atoms with E-state index in [9.17, 15) is 32.3 Å². The largest absolute Gasteiger partial charge is 0.479 e. The highest BCUT2D eigenvalue weighted by Crippen LogP contribution is 2.33. The number of likely N-dealkylation sites (tertiary alicyclic amines) is 1. The van der Waals surface area contributed by atoms with Crippen LogP contribution in [0.5, 0.6) is 0 Å². The highest BCUT2D eigenvalue weighted by atomic mass is 79.9. The lowest BCUT2D eigenvalue weighted by Gasteiger charge is -2.34. The molecule has 0 radical (unpaired) electrons. The van der Waals surface area contributed by atoms with Crippen molar-refractivity contribution in [3.63, 3.8) is 0 Å². The molecule has 3 rings (SSSR count). The number of carboxylic acid groups (broad SMARTS) is 1. The molecule has 1 atom stereocenters. The van der Waals surface area contributed by atoms with Crippen molar-refractivity contribution in [3.8, 4) is 0 Å². The van der Waals surface area contributed by atoms with Gasteiger partial charge in [-0.1, -0.05) is 22.0 Å². The summed E-state index contributed by atoms with van der Waals surface area (Å²) in [6.07, 6.45) is -4.88. The minimum absolute atomic E-state index is 0.0916. The van der Waals surface area contributed by atoms with E-state index in [1.807, 2.05) is 0 Å². The van der Waals surface area contributed by atoms with Crippen LogP contribution in [0.15, 0.2) is 39.7 Å². The number of pyridine rings is 1. The van der Waals surface area contributed by atoms with Gasteiger partial charge in [-0.2, -0.15) is 13.2 Å². The number of benzene rings is 1. The average molecular weight is 491 g/mol. The lowest BCUT2D eigenvalue weighted by atomic mass is 9.99. The zero-order chi connectivity index (χ0) is 22.2. The van der Waals surface area contributed by atoms with Crippen LogP contribution in [-0.4, -0.2) is 46.3 Å². The lowest BCUT2D eigenvalue weighted by Crippen LogP contribution is -2.49. The first kappa shape index (κ1) is 22.5. The van der Waals surface area contributed by atoms with Crippen molar-refractivity contribution in [2.45, 2.75) is 31.7 Å². The van der Waals surface area contributed by atoms with Gasteiger partial charge in [0, 0.05) is 36.4 Å². The van der Waals surface area contributed by atoms with Crippen LogP contribution < -0.4 is 5.56 Å². The second-order valence-corrected chi connectivity index (χ2v) is 8.22. The Hall–Kier alpha value is -2.20. The summed E-state index contributed by atoms with van der Waals surface area (Å²) in [6, 6.07) is 3.83. The second-order valence-electron chi connectivity index (χ2n) is 7.30. The van der Waals surface area contributed by atoms with Gasteiger partial charge in [-0.3, -0.25) is 14.3 Å². The van der Waals surface area contributed by atoms with Crippen LogP contribution in [0.2, 0.25) is 0 Å². The summed E-state index contributed by atoms with van der Waals surface area (Å²) in [7, 11) is 0. The molecule has 162 valence electrons. The molecular formula is C20H19BrF4N2O3. The van der Waals surface area contributed by atoms with E-state index < -0.39 is 35.5 Å². The molecule has 1 unspecified atom stereocenters. The van der Waals surface area contributed by atoms with Crippen molar-refractivity contribution in [2.75, 3.05) is 19.6 Å². The monoisotopic (exact) mass is 490 g/mol. The maximum atomic E-state index is 13.5. The number of carbonyl (C=O) groups is 1. The SMILES string of the molecule is Cc1ccc(Br)cc1C(C(=O)O)n1cc(CCN2CC(F)C2)c(C(F)(F)F)cc1=O. The summed E-state index contributed by atoms with van der Waals surface area (Å²) in [4.78, 5) is 26.2. The third-order valence-electron chi connectivity index (χ3n) is 5.13. The molecule has 2 aromatic rings. The van der Waals surface area contributed by atoms with E-state index in [1.54, 1.807) is 24.0 Å². The highest BCUT2D eigenvalue weighted by molar-refractivity contribution is 9.10. The Morgan fingerprint density at radius 3 is 2.53 bits per heavy atom. The number of halogens is 5. The second kappa shape index (κ2) is 8.50. The van der Waals surface area contributed by atoms with Gasteiger partial charge in [0.25, 0.3) is 5.56 Å².